The van der Waals surface area contributed by atoms with Crippen molar-refractivity contribution >= 4 is 22.6 Å². The van der Waals surface area contributed by atoms with Crippen molar-refractivity contribution in [3.8, 4) is 28.3 Å². The summed E-state index contributed by atoms with van der Waals surface area (Å²) in [6, 6.07) is 14.2. The summed E-state index contributed by atoms with van der Waals surface area (Å²) in [6.07, 6.45) is 1.61. The van der Waals surface area contributed by atoms with E-state index in [1.165, 1.54) is 13.2 Å². The molecule has 2 aromatic heterocycles. The van der Waals surface area contributed by atoms with Crippen LogP contribution < -0.4 is 10.2 Å². The van der Waals surface area contributed by atoms with E-state index >= 15 is 0 Å². The molecule has 124 valence electrons. The van der Waals surface area contributed by atoms with Gasteiger partial charge in [0.1, 0.15) is 5.76 Å². The number of rotatable bonds is 3. The molecule has 1 N–H and O–H groups in total. The third kappa shape index (κ3) is 2.58. The first kappa shape index (κ1) is 15.5. The maximum absolute atomic E-state index is 12.7. The Hall–Kier alpha value is -3.05. The second-order valence-corrected chi connectivity index (χ2v) is 5.86. The van der Waals surface area contributed by atoms with Gasteiger partial charge < -0.3 is 9.15 Å². The van der Waals surface area contributed by atoms with Crippen LogP contribution in [0.25, 0.3) is 33.6 Å². The highest BCUT2D eigenvalue weighted by Gasteiger charge is 2.20. The smallest absolute Gasteiger partial charge is 0.193 e. The van der Waals surface area contributed by atoms with Crippen LogP contribution in [0.4, 0.5) is 0 Å². The molecule has 0 spiro atoms. The first-order chi connectivity index (χ1) is 12.2. The van der Waals surface area contributed by atoms with E-state index < -0.39 is 0 Å². The largest absolute Gasteiger partial charge is 0.494 e. The number of hydrogen-bond donors (Lipinski definition) is 1. The second kappa shape index (κ2) is 6.11. The van der Waals surface area contributed by atoms with Crippen molar-refractivity contribution in [1.29, 1.82) is 0 Å². The highest BCUT2D eigenvalue weighted by atomic mass is 35.5. The van der Waals surface area contributed by atoms with Crippen LogP contribution in [0.2, 0.25) is 5.02 Å². The Morgan fingerprint density at radius 3 is 2.64 bits per heavy atom. The molecule has 0 unspecified atom stereocenters. The average molecular weight is 353 g/mol. The number of benzene rings is 2. The van der Waals surface area contributed by atoms with E-state index in [4.69, 9.17) is 20.8 Å². The fraction of sp³-hybridized carbons (Fsp3) is 0.0526. The van der Waals surface area contributed by atoms with Gasteiger partial charge in [-0.05, 0) is 12.1 Å². The number of aromatic nitrogens is 2. The summed E-state index contributed by atoms with van der Waals surface area (Å²) in [6.45, 7) is 0. The van der Waals surface area contributed by atoms with E-state index in [9.17, 15) is 4.79 Å². The number of halogens is 1. The molecule has 0 amide bonds. The van der Waals surface area contributed by atoms with Gasteiger partial charge in [-0.3, -0.25) is 9.89 Å². The SMILES string of the molecule is COc1c(Cl)cc2c(=O)cc(-c3ccccc3)oc2c1-c1ccn[nH]1. The van der Waals surface area contributed by atoms with Gasteiger partial charge in [0.15, 0.2) is 16.8 Å². The van der Waals surface area contributed by atoms with Crippen molar-refractivity contribution in [2.75, 3.05) is 7.11 Å². The number of fused-ring (bicyclic) bond motifs is 1. The Labute approximate surface area is 147 Å². The molecule has 0 saturated heterocycles. The van der Waals surface area contributed by atoms with Crippen molar-refractivity contribution in [3.05, 3.63) is 70.0 Å². The van der Waals surface area contributed by atoms with Gasteiger partial charge in [0.05, 0.1) is 28.8 Å². The van der Waals surface area contributed by atoms with E-state index in [2.05, 4.69) is 10.2 Å². The van der Waals surface area contributed by atoms with Crippen molar-refractivity contribution in [3.63, 3.8) is 0 Å². The lowest BCUT2D eigenvalue weighted by Crippen LogP contribution is -2.03. The first-order valence-corrected chi connectivity index (χ1v) is 7.96. The molecule has 2 heterocycles. The molecule has 0 radical (unpaired) electrons. The zero-order chi connectivity index (χ0) is 17.4. The third-order valence-electron chi connectivity index (χ3n) is 3.96. The monoisotopic (exact) mass is 352 g/mol. The maximum atomic E-state index is 12.7. The lowest BCUT2D eigenvalue weighted by atomic mass is 10.0. The Bertz CT molecular complexity index is 1100. The van der Waals surface area contributed by atoms with E-state index in [0.29, 0.717) is 38.8 Å². The molecular weight excluding hydrogens is 340 g/mol. The first-order valence-electron chi connectivity index (χ1n) is 7.58. The summed E-state index contributed by atoms with van der Waals surface area (Å²) in [5.74, 6) is 0.898. The zero-order valence-electron chi connectivity index (χ0n) is 13.2. The topological polar surface area (TPSA) is 68.1 Å². The molecule has 4 rings (SSSR count). The molecule has 0 bridgehead atoms. The molecule has 6 heteroatoms. The Kier molecular flexibility index (Phi) is 3.78. The van der Waals surface area contributed by atoms with Gasteiger partial charge >= 0.3 is 0 Å². The fourth-order valence-electron chi connectivity index (χ4n) is 2.82. The van der Waals surface area contributed by atoms with Crippen molar-refractivity contribution in [1.82, 2.24) is 10.2 Å². The van der Waals surface area contributed by atoms with Crippen molar-refractivity contribution in [2.24, 2.45) is 0 Å². The molecule has 4 aromatic rings. The summed E-state index contributed by atoms with van der Waals surface area (Å²) in [5, 5.41) is 7.56. The Balaban J connectivity index is 2.12. The van der Waals surface area contributed by atoms with E-state index in [1.807, 2.05) is 30.3 Å². The van der Waals surface area contributed by atoms with Crippen LogP contribution in [0.1, 0.15) is 0 Å². The zero-order valence-corrected chi connectivity index (χ0v) is 14.0. The molecule has 0 aliphatic rings. The Morgan fingerprint density at radius 2 is 1.96 bits per heavy atom. The third-order valence-corrected chi connectivity index (χ3v) is 4.24. The summed E-state index contributed by atoms with van der Waals surface area (Å²) in [7, 11) is 1.52. The van der Waals surface area contributed by atoms with Gasteiger partial charge in [-0.25, -0.2) is 0 Å². The molecule has 0 aliphatic heterocycles. The normalized spacial score (nSPS) is 11.0. The number of H-pyrrole nitrogens is 1. The minimum Gasteiger partial charge on any atom is -0.494 e. The van der Waals surface area contributed by atoms with Crippen LogP contribution in [0, 0.1) is 0 Å². The maximum Gasteiger partial charge on any atom is 0.193 e. The highest BCUT2D eigenvalue weighted by Crippen LogP contribution is 2.41. The number of methoxy groups -OCH3 is 1. The van der Waals surface area contributed by atoms with Crippen LogP contribution in [0.15, 0.2) is 63.9 Å². The summed E-state index contributed by atoms with van der Waals surface area (Å²) in [4.78, 5) is 12.7. The van der Waals surface area contributed by atoms with E-state index in [1.54, 1.807) is 18.3 Å². The number of hydrogen-bond acceptors (Lipinski definition) is 4. The van der Waals surface area contributed by atoms with Crippen LogP contribution in [0.3, 0.4) is 0 Å². The van der Waals surface area contributed by atoms with Gasteiger partial charge in [0, 0.05) is 17.8 Å². The number of nitrogens with zero attached hydrogens (tertiary/aromatic N) is 1. The number of ether oxygens (including phenoxy) is 1. The van der Waals surface area contributed by atoms with E-state index in [0.717, 1.165) is 5.56 Å². The van der Waals surface area contributed by atoms with Gasteiger partial charge in [-0.1, -0.05) is 41.9 Å². The predicted molar refractivity (Wildman–Crippen MR) is 97.1 cm³/mol. The lowest BCUT2D eigenvalue weighted by Gasteiger charge is -2.12. The second-order valence-electron chi connectivity index (χ2n) is 5.45. The van der Waals surface area contributed by atoms with E-state index in [-0.39, 0.29) is 5.43 Å². The molecule has 2 aromatic carbocycles. The van der Waals surface area contributed by atoms with Crippen molar-refractivity contribution < 1.29 is 9.15 Å². The molecular formula is C19H13ClN2O3. The van der Waals surface area contributed by atoms with Gasteiger partial charge in [-0.2, -0.15) is 5.10 Å². The number of aromatic amines is 1. The molecule has 0 aliphatic carbocycles. The van der Waals surface area contributed by atoms with Gasteiger partial charge in [0.2, 0.25) is 0 Å². The molecule has 0 saturated carbocycles. The molecule has 5 nitrogen and oxygen atoms in total. The minimum absolute atomic E-state index is 0.176. The predicted octanol–water partition coefficient (Wildman–Crippen LogP) is 4.51. The number of nitrogens with one attached hydrogen (secondary N) is 1. The fourth-order valence-corrected chi connectivity index (χ4v) is 3.11. The van der Waals surface area contributed by atoms with Crippen LogP contribution in [-0.2, 0) is 0 Å². The summed E-state index contributed by atoms with van der Waals surface area (Å²) >= 11 is 6.31. The van der Waals surface area contributed by atoms with Gasteiger partial charge in [-0.15, -0.1) is 0 Å². The van der Waals surface area contributed by atoms with Crippen molar-refractivity contribution in [2.45, 2.75) is 0 Å². The van der Waals surface area contributed by atoms with Crippen LogP contribution >= 0.6 is 11.6 Å². The average Bonchev–Trinajstić information content (AvgIpc) is 3.16. The summed E-state index contributed by atoms with van der Waals surface area (Å²) < 4.78 is 11.5. The lowest BCUT2D eigenvalue weighted by molar-refractivity contribution is 0.416. The highest BCUT2D eigenvalue weighted by molar-refractivity contribution is 6.33. The Morgan fingerprint density at radius 1 is 1.16 bits per heavy atom. The minimum atomic E-state index is -0.176. The van der Waals surface area contributed by atoms with Gasteiger partial charge in [0.25, 0.3) is 0 Å². The standard InChI is InChI=1S/C19H13ClN2O3/c1-24-19-13(20)9-12-15(23)10-16(11-5-3-2-4-6-11)25-18(12)17(19)14-7-8-21-22-14/h2-10H,1H3,(H,21,22). The van der Waals surface area contributed by atoms with Crippen LogP contribution in [0.5, 0.6) is 5.75 Å². The quantitative estimate of drug-likeness (QED) is 0.589. The summed E-state index contributed by atoms with van der Waals surface area (Å²) in [5.41, 5.74) is 2.25. The molecule has 0 fully saturated rings. The van der Waals surface area contributed by atoms with Crippen LogP contribution in [-0.4, -0.2) is 17.3 Å². The molecule has 0 atom stereocenters. The molecule has 25 heavy (non-hydrogen) atoms.